The van der Waals surface area contributed by atoms with Crippen molar-refractivity contribution < 1.29 is 19.6 Å². The zero-order valence-electron chi connectivity index (χ0n) is 12.6. The number of piperidine rings is 1. The van der Waals surface area contributed by atoms with Crippen molar-refractivity contribution >= 4 is 23.3 Å². The predicted molar refractivity (Wildman–Crippen MR) is 83.1 cm³/mol. The molecule has 1 aliphatic rings. The van der Waals surface area contributed by atoms with Crippen LogP contribution in [0.1, 0.15) is 19.3 Å². The van der Waals surface area contributed by atoms with Crippen molar-refractivity contribution in [3.63, 3.8) is 0 Å². The van der Waals surface area contributed by atoms with Crippen LogP contribution in [0.5, 0.6) is 0 Å². The maximum Gasteiger partial charge on any atom is 0.306 e. The summed E-state index contributed by atoms with van der Waals surface area (Å²) in [5, 5.41) is 22.2. The first-order valence-electron chi connectivity index (χ1n) is 7.45. The Bertz CT molecular complexity index is 579. The number of non-ortho nitro benzene ring substituents is 1. The minimum atomic E-state index is -0.749. The lowest BCUT2D eigenvalue weighted by Gasteiger charge is -2.29. The molecule has 1 saturated heterocycles. The van der Waals surface area contributed by atoms with Gasteiger partial charge in [-0.25, -0.2) is 0 Å². The molecule has 0 bridgehead atoms. The summed E-state index contributed by atoms with van der Waals surface area (Å²) in [6.07, 6.45) is 1.52. The SMILES string of the molecule is O=C(CCN1CCC(C(=O)O)CC1)Nc1ccc([N+](=O)[O-])cc1. The summed E-state index contributed by atoms with van der Waals surface area (Å²) in [4.78, 5) is 34.9. The third kappa shape index (κ3) is 5.03. The lowest BCUT2D eigenvalue weighted by molar-refractivity contribution is -0.384. The number of anilines is 1. The van der Waals surface area contributed by atoms with Crippen LogP contribution in [0.15, 0.2) is 24.3 Å². The number of aliphatic carboxylic acids is 1. The predicted octanol–water partition coefficient (Wildman–Crippen LogP) is 1.72. The van der Waals surface area contributed by atoms with Crippen LogP contribution in [0.2, 0.25) is 0 Å². The number of hydrogen-bond acceptors (Lipinski definition) is 5. The standard InChI is InChI=1S/C15H19N3O5/c19-14(16-12-1-3-13(4-2-12)18(22)23)7-10-17-8-5-11(6-9-17)15(20)21/h1-4,11H,5-10H2,(H,16,19)(H,20,21). The molecule has 0 aromatic heterocycles. The molecule has 124 valence electrons. The smallest absolute Gasteiger partial charge is 0.306 e. The van der Waals surface area contributed by atoms with Crippen LogP contribution in [-0.4, -0.2) is 46.4 Å². The zero-order valence-corrected chi connectivity index (χ0v) is 12.6. The van der Waals surface area contributed by atoms with Gasteiger partial charge >= 0.3 is 5.97 Å². The second kappa shape index (κ2) is 7.68. The highest BCUT2D eigenvalue weighted by Gasteiger charge is 2.24. The van der Waals surface area contributed by atoms with Crippen LogP contribution in [0.25, 0.3) is 0 Å². The van der Waals surface area contributed by atoms with Crippen LogP contribution in [0.3, 0.4) is 0 Å². The monoisotopic (exact) mass is 321 g/mol. The van der Waals surface area contributed by atoms with Crippen molar-refractivity contribution in [2.75, 3.05) is 25.0 Å². The molecule has 1 aliphatic heterocycles. The van der Waals surface area contributed by atoms with Crippen molar-refractivity contribution in [3.05, 3.63) is 34.4 Å². The number of nitrogens with one attached hydrogen (secondary N) is 1. The Kier molecular flexibility index (Phi) is 5.64. The zero-order chi connectivity index (χ0) is 16.8. The van der Waals surface area contributed by atoms with E-state index in [1.807, 2.05) is 0 Å². The van der Waals surface area contributed by atoms with Crippen LogP contribution >= 0.6 is 0 Å². The summed E-state index contributed by atoms with van der Waals surface area (Å²) in [5.41, 5.74) is 0.495. The molecule has 0 spiro atoms. The van der Waals surface area contributed by atoms with Crippen molar-refractivity contribution in [3.8, 4) is 0 Å². The molecule has 0 aliphatic carbocycles. The summed E-state index contributed by atoms with van der Waals surface area (Å²) in [6.45, 7) is 1.94. The van der Waals surface area contributed by atoms with Gasteiger partial charge in [-0.2, -0.15) is 0 Å². The fraction of sp³-hybridized carbons (Fsp3) is 0.467. The van der Waals surface area contributed by atoms with E-state index in [-0.39, 0.29) is 17.5 Å². The number of rotatable bonds is 6. The molecule has 0 unspecified atom stereocenters. The quantitative estimate of drug-likeness (QED) is 0.609. The summed E-state index contributed by atoms with van der Waals surface area (Å²) in [6, 6.07) is 5.67. The highest BCUT2D eigenvalue weighted by atomic mass is 16.6. The topological polar surface area (TPSA) is 113 Å². The van der Waals surface area contributed by atoms with Gasteiger partial charge in [-0.15, -0.1) is 0 Å². The van der Waals surface area contributed by atoms with E-state index in [1.54, 1.807) is 0 Å². The number of nitro benzene ring substituents is 1. The Morgan fingerprint density at radius 3 is 2.39 bits per heavy atom. The van der Waals surface area contributed by atoms with Crippen molar-refractivity contribution in [1.82, 2.24) is 4.90 Å². The van der Waals surface area contributed by atoms with E-state index in [4.69, 9.17) is 5.11 Å². The first-order chi connectivity index (χ1) is 11.0. The minimum Gasteiger partial charge on any atom is -0.481 e. The molecule has 1 aromatic rings. The Morgan fingerprint density at radius 2 is 1.87 bits per heavy atom. The van der Waals surface area contributed by atoms with Gasteiger partial charge in [-0.1, -0.05) is 0 Å². The molecular weight excluding hydrogens is 302 g/mol. The van der Waals surface area contributed by atoms with Gasteiger partial charge in [0.1, 0.15) is 0 Å². The van der Waals surface area contributed by atoms with E-state index >= 15 is 0 Å². The van der Waals surface area contributed by atoms with E-state index < -0.39 is 10.9 Å². The second-order valence-corrected chi connectivity index (χ2v) is 5.56. The number of nitro groups is 1. The average molecular weight is 321 g/mol. The molecular formula is C15H19N3O5. The molecule has 1 fully saturated rings. The summed E-state index contributed by atoms with van der Waals surface area (Å²) in [5.74, 6) is -1.19. The molecule has 2 N–H and O–H groups in total. The fourth-order valence-corrected chi connectivity index (χ4v) is 2.55. The number of carbonyl (C=O) groups is 2. The lowest BCUT2D eigenvalue weighted by Crippen LogP contribution is -2.37. The summed E-state index contributed by atoms with van der Waals surface area (Å²) >= 11 is 0. The maximum absolute atomic E-state index is 11.9. The van der Waals surface area contributed by atoms with Gasteiger partial charge in [-0.3, -0.25) is 19.7 Å². The molecule has 1 aromatic carbocycles. The highest BCUT2D eigenvalue weighted by Crippen LogP contribution is 2.18. The Balaban J connectivity index is 1.73. The van der Waals surface area contributed by atoms with Gasteiger partial charge in [0.2, 0.25) is 5.91 Å². The maximum atomic E-state index is 11.9. The molecule has 1 amide bonds. The molecule has 0 radical (unpaired) electrons. The van der Waals surface area contributed by atoms with Crippen molar-refractivity contribution in [1.29, 1.82) is 0 Å². The third-order valence-electron chi connectivity index (χ3n) is 3.95. The number of amides is 1. The largest absolute Gasteiger partial charge is 0.481 e. The van der Waals surface area contributed by atoms with E-state index in [0.29, 0.717) is 44.6 Å². The van der Waals surface area contributed by atoms with Gasteiger partial charge in [0, 0.05) is 30.8 Å². The van der Waals surface area contributed by atoms with Crippen molar-refractivity contribution in [2.45, 2.75) is 19.3 Å². The third-order valence-corrected chi connectivity index (χ3v) is 3.95. The molecule has 0 atom stereocenters. The Morgan fingerprint density at radius 1 is 1.26 bits per heavy atom. The molecule has 23 heavy (non-hydrogen) atoms. The number of hydrogen-bond donors (Lipinski definition) is 2. The van der Waals surface area contributed by atoms with E-state index in [9.17, 15) is 19.7 Å². The first kappa shape index (κ1) is 16.9. The number of likely N-dealkylation sites (tertiary alicyclic amines) is 1. The summed E-state index contributed by atoms with van der Waals surface area (Å²) < 4.78 is 0. The van der Waals surface area contributed by atoms with Crippen LogP contribution in [0.4, 0.5) is 11.4 Å². The number of carbonyl (C=O) groups excluding carboxylic acids is 1. The van der Waals surface area contributed by atoms with Crippen LogP contribution in [-0.2, 0) is 9.59 Å². The normalized spacial score (nSPS) is 16.0. The van der Waals surface area contributed by atoms with Gasteiger partial charge in [-0.05, 0) is 38.1 Å². The number of nitrogens with zero attached hydrogens (tertiary/aromatic N) is 2. The van der Waals surface area contributed by atoms with Gasteiger partial charge in [0.15, 0.2) is 0 Å². The fourth-order valence-electron chi connectivity index (χ4n) is 2.55. The summed E-state index contributed by atoms with van der Waals surface area (Å²) in [7, 11) is 0. The molecule has 0 saturated carbocycles. The molecule has 1 heterocycles. The molecule has 8 heteroatoms. The van der Waals surface area contributed by atoms with Crippen LogP contribution in [0, 0.1) is 16.0 Å². The molecule has 8 nitrogen and oxygen atoms in total. The van der Waals surface area contributed by atoms with Gasteiger partial charge < -0.3 is 15.3 Å². The molecule has 2 rings (SSSR count). The highest BCUT2D eigenvalue weighted by molar-refractivity contribution is 5.90. The van der Waals surface area contributed by atoms with E-state index in [2.05, 4.69) is 10.2 Å². The Labute approximate surface area is 133 Å². The number of carboxylic acid groups (broad SMARTS) is 1. The average Bonchev–Trinajstić information content (AvgIpc) is 2.54. The number of benzene rings is 1. The minimum absolute atomic E-state index is 0.0238. The van der Waals surface area contributed by atoms with E-state index in [0.717, 1.165) is 0 Å². The van der Waals surface area contributed by atoms with Gasteiger partial charge in [0.05, 0.1) is 10.8 Å². The van der Waals surface area contributed by atoms with Crippen molar-refractivity contribution in [2.24, 2.45) is 5.92 Å². The Hall–Kier alpha value is -2.48. The lowest BCUT2D eigenvalue weighted by atomic mass is 9.97. The van der Waals surface area contributed by atoms with Gasteiger partial charge in [0.25, 0.3) is 5.69 Å². The first-order valence-corrected chi connectivity index (χ1v) is 7.45. The van der Waals surface area contributed by atoms with Crippen LogP contribution < -0.4 is 5.32 Å². The second-order valence-electron chi connectivity index (χ2n) is 5.56. The van der Waals surface area contributed by atoms with E-state index in [1.165, 1.54) is 24.3 Å². The number of carboxylic acids is 1.